The Balaban J connectivity index is 1.89. The largest absolute Gasteiger partial charge is 0.464 e. The smallest absolute Gasteiger partial charge is 0.165 e. The van der Waals surface area contributed by atoms with Crippen molar-refractivity contribution >= 4 is 16.8 Å². The van der Waals surface area contributed by atoms with Gasteiger partial charge in [0.15, 0.2) is 5.82 Å². The second-order valence-electron chi connectivity index (χ2n) is 5.56. The molecule has 3 aromatic rings. The average Bonchev–Trinajstić information content (AvgIpc) is 2.78. The van der Waals surface area contributed by atoms with Crippen molar-refractivity contribution in [3.05, 3.63) is 41.8 Å². The number of benzene rings is 1. The van der Waals surface area contributed by atoms with E-state index in [2.05, 4.69) is 4.98 Å². The van der Waals surface area contributed by atoms with Gasteiger partial charge >= 0.3 is 0 Å². The van der Waals surface area contributed by atoms with Crippen molar-refractivity contribution in [2.24, 2.45) is 0 Å². The zero-order valence-electron chi connectivity index (χ0n) is 11.8. The van der Waals surface area contributed by atoms with Gasteiger partial charge in [-0.25, -0.2) is 9.97 Å². The SMILES string of the molecule is Nc1nc(-c2coc3ccccc23)nc2c1CCCCC2. The minimum Gasteiger partial charge on any atom is -0.464 e. The van der Waals surface area contributed by atoms with Crippen molar-refractivity contribution in [2.45, 2.75) is 32.1 Å². The van der Waals surface area contributed by atoms with Crippen molar-refractivity contribution in [3.63, 3.8) is 0 Å². The van der Waals surface area contributed by atoms with E-state index in [1.165, 1.54) is 19.3 Å². The van der Waals surface area contributed by atoms with Gasteiger partial charge in [0.2, 0.25) is 0 Å². The lowest BCUT2D eigenvalue weighted by molar-refractivity contribution is 0.616. The van der Waals surface area contributed by atoms with Crippen LogP contribution < -0.4 is 5.73 Å². The van der Waals surface area contributed by atoms with Crippen LogP contribution in [0.4, 0.5) is 5.82 Å². The Hall–Kier alpha value is -2.36. The van der Waals surface area contributed by atoms with Gasteiger partial charge in [-0.05, 0) is 31.7 Å². The monoisotopic (exact) mass is 279 g/mol. The third-order valence-electron chi connectivity index (χ3n) is 4.19. The van der Waals surface area contributed by atoms with Crippen LogP contribution in [0.15, 0.2) is 34.9 Å². The summed E-state index contributed by atoms with van der Waals surface area (Å²) in [7, 11) is 0. The van der Waals surface area contributed by atoms with Crippen molar-refractivity contribution in [1.29, 1.82) is 0 Å². The number of nitrogens with two attached hydrogens (primary N) is 1. The van der Waals surface area contributed by atoms with E-state index < -0.39 is 0 Å². The molecule has 2 N–H and O–H groups in total. The fraction of sp³-hybridized carbons (Fsp3) is 0.294. The summed E-state index contributed by atoms with van der Waals surface area (Å²) < 4.78 is 5.59. The van der Waals surface area contributed by atoms with Crippen molar-refractivity contribution in [3.8, 4) is 11.4 Å². The quantitative estimate of drug-likeness (QED) is 0.689. The lowest BCUT2D eigenvalue weighted by atomic mass is 10.1. The number of rotatable bonds is 1. The van der Waals surface area contributed by atoms with Crippen LogP contribution in [0.2, 0.25) is 0 Å². The Kier molecular flexibility index (Phi) is 2.88. The first kappa shape index (κ1) is 12.4. The Morgan fingerprint density at radius 3 is 2.81 bits per heavy atom. The summed E-state index contributed by atoms with van der Waals surface area (Å²) in [5, 5.41) is 1.03. The molecule has 4 heteroatoms. The number of hydrogen-bond acceptors (Lipinski definition) is 4. The number of hydrogen-bond donors (Lipinski definition) is 1. The van der Waals surface area contributed by atoms with Gasteiger partial charge in [0.05, 0.1) is 5.56 Å². The molecule has 2 aromatic heterocycles. The lowest BCUT2D eigenvalue weighted by Crippen LogP contribution is -2.06. The molecule has 2 heterocycles. The molecular weight excluding hydrogens is 262 g/mol. The zero-order valence-corrected chi connectivity index (χ0v) is 11.8. The van der Waals surface area contributed by atoms with E-state index in [1.54, 1.807) is 6.26 Å². The molecule has 0 unspecified atom stereocenters. The van der Waals surface area contributed by atoms with Gasteiger partial charge in [-0.2, -0.15) is 0 Å². The molecule has 4 nitrogen and oxygen atoms in total. The molecule has 0 saturated heterocycles. The molecule has 0 amide bonds. The first-order chi connectivity index (χ1) is 10.3. The molecule has 0 fully saturated rings. The van der Waals surface area contributed by atoms with E-state index in [9.17, 15) is 0 Å². The summed E-state index contributed by atoms with van der Waals surface area (Å²) in [5.74, 6) is 1.31. The molecule has 1 aliphatic rings. The second-order valence-corrected chi connectivity index (χ2v) is 5.56. The van der Waals surface area contributed by atoms with Crippen LogP contribution in [0.1, 0.15) is 30.5 Å². The Labute approximate surface area is 123 Å². The molecule has 4 rings (SSSR count). The van der Waals surface area contributed by atoms with E-state index in [0.717, 1.165) is 40.6 Å². The van der Waals surface area contributed by atoms with Gasteiger partial charge in [-0.3, -0.25) is 0 Å². The maximum Gasteiger partial charge on any atom is 0.165 e. The summed E-state index contributed by atoms with van der Waals surface area (Å²) in [6.07, 6.45) is 7.30. The van der Waals surface area contributed by atoms with Crippen LogP contribution in [0, 0.1) is 0 Å². The van der Waals surface area contributed by atoms with Gasteiger partial charge in [0, 0.05) is 16.6 Å². The number of aryl methyl sites for hydroxylation is 1. The van der Waals surface area contributed by atoms with Crippen LogP contribution in [0.25, 0.3) is 22.4 Å². The zero-order chi connectivity index (χ0) is 14.2. The molecule has 0 radical (unpaired) electrons. The number of anilines is 1. The summed E-state index contributed by atoms with van der Waals surface area (Å²) >= 11 is 0. The highest BCUT2D eigenvalue weighted by Gasteiger charge is 2.18. The van der Waals surface area contributed by atoms with Crippen molar-refractivity contribution in [2.75, 3.05) is 5.73 Å². The van der Waals surface area contributed by atoms with Gasteiger partial charge < -0.3 is 10.2 Å². The first-order valence-electron chi connectivity index (χ1n) is 7.45. The third kappa shape index (κ3) is 2.07. The standard InChI is InChI=1S/C17H17N3O/c18-16-12-7-2-1-3-8-14(12)19-17(20-16)13-10-21-15-9-5-4-6-11(13)15/h4-6,9-10H,1-3,7-8H2,(H2,18,19,20). The number of nitrogen functional groups attached to an aromatic ring is 1. The van der Waals surface area contributed by atoms with Crippen molar-refractivity contribution < 1.29 is 4.42 Å². The highest BCUT2D eigenvalue weighted by Crippen LogP contribution is 2.31. The predicted octanol–water partition coefficient (Wildman–Crippen LogP) is 3.74. The topological polar surface area (TPSA) is 64.9 Å². The fourth-order valence-corrected chi connectivity index (χ4v) is 3.07. The Morgan fingerprint density at radius 1 is 1.00 bits per heavy atom. The molecule has 21 heavy (non-hydrogen) atoms. The Morgan fingerprint density at radius 2 is 1.86 bits per heavy atom. The number of furan rings is 1. The van der Waals surface area contributed by atoms with Crippen LogP contribution >= 0.6 is 0 Å². The number of fused-ring (bicyclic) bond motifs is 2. The molecule has 106 valence electrons. The molecular formula is C17H17N3O. The van der Waals surface area contributed by atoms with Gasteiger partial charge in [0.25, 0.3) is 0 Å². The van der Waals surface area contributed by atoms with Crippen LogP contribution in [0.3, 0.4) is 0 Å². The normalized spacial score (nSPS) is 14.9. The molecule has 0 bridgehead atoms. The number of aromatic nitrogens is 2. The van der Waals surface area contributed by atoms with Crippen LogP contribution in [-0.4, -0.2) is 9.97 Å². The molecule has 1 aromatic carbocycles. The molecule has 0 saturated carbocycles. The summed E-state index contributed by atoms with van der Waals surface area (Å²) in [4.78, 5) is 9.30. The molecule has 0 aliphatic heterocycles. The molecule has 1 aliphatic carbocycles. The maximum atomic E-state index is 6.18. The maximum absolute atomic E-state index is 6.18. The summed E-state index contributed by atoms with van der Waals surface area (Å²) in [6.45, 7) is 0. The van der Waals surface area contributed by atoms with Gasteiger partial charge in [-0.15, -0.1) is 0 Å². The summed E-state index contributed by atoms with van der Waals surface area (Å²) in [6, 6.07) is 7.93. The molecule has 0 spiro atoms. The van der Waals surface area contributed by atoms with E-state index in [1.807, 2.05) is 24.3 Å². The number of nitrogens with zero attached hydrogens (tertiary/aromatic N) is 2. The van der Waals surface area contributed by atoms with Crippen molar-refractivity contribution in [1.82, 2.24) is 9.97 Å². The highest BCUT2D eigenvalue weighted by atomic mass is 16.3. The average molecular weight is 279 g/mol. The van der Waals surface area contributed by atoms with Crippen LogP contribution in [-0.2, 0) is 12.8 Å². The molecule has 0 atom stereocenters. The lowest BCUT2D eigenvalue weighted by Gasteiger charge is -2.09. The second kappa shape index (κ2) is 4.88. The van der Waals surface area contributed by atoms with E-state index in [0.29, 0.717) is 11.6 Å². The van der Waals surface area contributed by atoms with Crippen LogP contribution in [0.5, 0.6) is 0 Å². The number of para-hydroxylation sites is 1. The van der Waals surface area contributed by atoms with E-state index in [-0.39, 0.29) is 0 Å². The van der Waals surface area contributed by atoms with Gasteiger partial charge in [-0.1, -0.05) is 24.6 Å². The van der Waals surface area contributed by atoms with E-state index in [4.69, 9.17) is 15.1 Å². The minimum absolute atomic E-state index is 0.627. The van der Waals surface area contributed by atoms with E-state index >= 15 is 0 Å². The predicted molar refractivity (Wildman–Crippen MR) is 82.9 cm³/mol. The Bertz CT molecular complexity index is 807. The van der Waals surface area contributed by atoms with Gasteiger partial charge in [0.1, 0.15) is 17.7 Å². The third-order valence-corrected chi connectivity index (χ3v) is 4.19. The summed E-state index contributed by atoms with van der Waals surface area (Å²) in [5.41, 5.74) is 10.2. The fourth-order valence-electron chi connectivity index (χ4n) is 3.07. The highest BCUT2D eigenvalue weighted by molar-refractivity contribution is 5.92. The first-order valence-corrected chi connectivity index (χ1v) is 7.45. The minimum atomic E-state index is 0.627.